The van der Waals surface area contributed by atoms with Crippen LogP contribution in [0.25, 0.3) is 11.3 Å². The van der Waals surface area contributed by atoms with Crippen LogP contribution in [-0.4, -0.2) is 11.4 Å². The van der Waals surface area contributed by atoms with Gasteiger partial charge < -0.3 is 14.0 Å². The predicted molar refractivity (Wildman–Crippen MR) is 65.8 cm³/mol. The van der Waals surface area contributed by atoms with Crippen molar-refractivity contribution >= 4 is 0 Å². The molecule has 4 nitrogen and oxygen atoms in total. The van der Waals surface area contributed by atoms with Crippen molar-refractivity contribution in [1.82, 2.24) is 5.16 Å². The monoisotopic (exact) mass is 245 g/mol. The summed E-state index contributed by atoms with van der Waals surface area (Å²) >= 11 is 0. The fourth-order valence-corrected chi connectivity index (χ4v) is 2.15. The number of nitrogens with zero attached hydrogens (tertiary/aromatic N) is 1. The largest absolute Gasteiger partial charge is 0.361 e. The maximum atomic E-state index is 5.53. The van der Waals surface area contributed by atoms with Crippen molar-refractivity contribution in [2.75, 3.05) is 0 Å². The van der Waals surface area contributed by atoms with E-state index < -0.39 is 0 Å². The van der Waals surface area contributed by atoms with E-state index in [-0.39, 0.29) is 12.6 Å². The Hall–Kier alpha value is -1.65. The van der Waals surface area contributed by atoms with Gasteiger partial charge in [0.1, 0.15) is 11.5 Å². The predicted octanol–water partition coefficient (Wildman–Crippen LogP) is 3.35. The third-order valence-corrected chi connectivity index (χ3v) is 3.07. The van der Waals surface area contributed by atoms with E-state index in [0.29, 0.717) is 0 Å². The first-order valence-electron chi connectivity index (χ1n) is 5.99. The third kappa shape index (κ3) is 1.83. The van der Waals surface area contributed by atoms with E-state index >= 15 is 0 Å². The molecule has 94 valence electrons. The van der Waals surface area contributed by atoms with E-state index in [1.54, 1.807) is 0 Å². The molecule has 1 aliphatic rings. The van der Waals surface area contributed by atoms with Gasteiger partial charge in [-0.1, -0.05) is 28.9 Å². The van der Waals surface area contributed by atoms with Crippen LogP contribution in [-0.2, 0) is 9.47 Å². The second kappa shape index (κ2) is 4.23. The summed E-state index contributed by atoms with van der Waals surface area (Å²) in [4.78, 5) is 0. The molecule has 1 saturated heterocycles. The number of ether oxygens (including phenoxy) is 2. The summed E-state index contributed by atoms with van der Waals surface area (Å²) in [5.74, 6) is 0.739. The van der Waals surface area contributed by atoms with Crippen LogP contribution < -0.4 is 0 Å². The smallest absolute Gasteiger partial charge is 0.195 e. The lowest BCUT2D eigenvalue weighted by atomic mass is 10.0. The topological polar surface area (TPSA) is 44.5 Å². The van der Waals surface area contributed by atoms with Gasteiger partial charge in [0, 0.05) is 5.56 Å². The van der Waals surface area contributed by atoms with E-state index in [0.717, 1.165) is 22.6 Å². The molecular formula is C14H15NO3. The van der Waals surface area contributed by atoms with Crippen LogP contribution in [0.3, 0.4) is 0 Å². The molecule has 4 heteroatoms. The van der Waals surface area contributed by atoms with Crippen molar-refractivity contribution in [2.45, 2.75) is 33.4 Å². The van der Waals surface area contributed by atoms with Gasteiger partial charge in [-0.05, 0) is 26.8 Å². The molecule has 1 aromatic heterocycles. The average molecular weight is 245 g/mol. The highest BCUT2D eigenvalue weighted by Crippen LogP contribution is 2.39. The fourth-order valence-electron chi connectivity index (χ4n) is 2.15. The van der Waals surface area contributed by atoms with Gasteiger partial charge in [0.25, 0.3) is 0 Å². The zero-order valence-corrected chi connectivity index (χ0v) is 10.6. The molecule has 0 atom stereocenters. The van der Waals surface area contributed by atoms with Crippen LogP contribution in [0.4, 0.5) is 0 Å². The summed E-state index contributed by atoms with van der Waals surface area (Å²) in [6.45, 7) is 5.79. The maximum absolute atomic E-state index is 5.53. The Bertz CT molecular complexity index is 570. The SMILES string of the molecule is Cc1cccc(-c2noc(C)c2C2OC(C)O2)c1. The number of rotatable bonds is 2. The van der Waals surface area contributed by atoms with Gasteiger partial charge in [0.15, 0.2) is 12.6 Å². The van der Waals surface area contributed by atoms with E-state index in [4.69, 9.17) is 14.0 Å². The van der Waals surface area contributed by atoms with Crippen molar-refractivity contribution < 1.29 is 14.0 Å². The quantitative estimate of drug-likeness (QED) is 0.813. The molecule has 1 aliphatic heterocycles. The first-order chi connectivity index (χ1) is 8.65. The molecular weight excluding hydrogens is 230 g/mol. The average Bonchev–Trinajstić information content (AvgIpc) is 2.67. The lowest BCUT2D eigenvalue weighted by molar-refractivity contribution is -0.382. The molecule has 1 fully saturated rings. The molecule has 2 heterocycles. The van der Waals surface area contributed by atoms with Crippen LogP contribution in [0.15, 0.2) is 28.8 Å². The van der Waals surface area contributed by atoms with E-state index in [9.17, 15) is 0 Å². The van der Waals surface area contributed by atoms with E-state index in [1.165, 1.54) is 5.56 Å². The highest BCUT2D eigenvalue weighted by Gasteiger charge is 2.34. The first-order valence-corrected chi connectivity index (χ1v) is 5.99. The van der Waals surface area contributed by atoms with Gasteiger partial charge in [-0.3, -0.25) is 0 Å². The second-order valence-corrected chi connectivity index (χ2v) is 4.54. The molecule has 0 bridgehead atoms. The molecule has 0 saturated carbocycles. The molecule has 2 aromatic rings. The minimum Gasteiger partial charge on any atom is -0.361 e. The van der Waals surface area contributed by atoms with Crippen LogP contribution in [0, 0.1) is 13.8 Å². The summed E-state index contributed by atoms with van der Waals surface area (Å²) in [5, 5.41) is 4.12. The second-order valence-electron chi connectivity index (χ2n) is 4.54. The number of hydrogen-bond donors (Lipinski definition) is 0. The Morgan fingerprint density at radius 3 is 2.61 bits per heavy atom. The Labute approximate surface area is 105 Å². The highest BCUT2D eigenvalue weighted by molar-refractivity contribution is 5.64. The molecule has 0 aliphatic carbocycles. The van der Waals surface area contributed by atoms with Crippen molar-refractivity contribution in [3.8, 4) is 11.3 Å². The fraction of sp³-hybridized carbons (Fsp3) is 0.357. The van der Waals surface area contributed by atoms with Crippen LogP contribution in [0.1, 0.15) is 30.1 Å². The van der Waals surface area contributed by atoms with Gasteiger partial charge in [-0.15, -0.1) is 0 Å². The number of aryl methyl sites for hydroxylation is 2. The standard InChI is InChI=1S/C14H15NO3/c1-8-5-4-6-11(7-8)13-12(9(2)18-15-13)14-16-10(3)17-14/h4-7,10,14H,1-3H3. The number of benzene rings is 1. The molecule has 0 amide bonds. The van der Waals surface area contributed by atoms with Gasteiger partial charge in [0.2, 0.25) is 0 Å². The summed E-state index contributed by atoms with van der Waals surface area (Å²) in [7, 11) is 0. The molecule has 0 unspecified atom stereocenters. The number of hydrogen-bond acceptors (Lipinski definition) is 4. The van der Waals surface area contributed by atoms with Crippen LogP contribution in [0.2, 0.25) is 0 Å². The van der Waals surface area contributed by atoms with Crippen LogP contribution in [0.5, 0.6) is 0 Å². The van der Waals surface area contributed by atoms with E-state index in [1.807, 2.05) is 26.0 Å². The lowest BCUT2D eigenvalue weighted by Gasteiger charge is -2.33. The first kappa shape index (κ1) is 11.4. The lowest BCUT2D eigenvalue weighted by Crippen LogP contribution is -2.32. The summed E-state index contributed by atoms with van der Waals surface area (Å²) in [6.07, 6.45) is -0.517. The number of aromatic nitrogens is 1. The third-order valence-electron chi connectivity index (χ3n) is 3.07. The summed E-state index contributed by atoms with van der Waals surface area (Å²) in [6, 6.07) is 8.14. The van der Waals surface area contributed by atoms with Crippen molar-refractivity contribution in [2.24, 2.45) is 0 Å². The van der Waals surface area contributed by atoms with E-state index in [2.05, 4.69) is 24.2 Å². The van der Waals surface area contributed by atoms with Gasteiger partial charge >= 0.3 is 0 Å². The minimum atomic E-state index is -0.359. The Kier molecular flexibility index (Phi) is 2.69. The van der Waals surface area contributed by atoms with Crippen LogP contribution >= 0.6 is 0 Å². The molecule has 0 N–H and O–H groups in total. The zero-order chi connectivity index (χ0) is 12.7. The zero-order valence-electron chi connectivity index (χ0n) is 10.6. The summed E-state index contributed by atoms with van der Waals surface area (Å²) in [5.41, 5.74) is 3.89. The Morgan fingerprint density at radius 2 is 1.94 bits per heavy atom. The van der Waals surface area contributed by atoms with Gasteiger partial charge in [-0.2, -0.15) is 0 Å². The normalized spacial score (nSPS) is 22.8. The maximum Gasteiger partial charge on any atom is 0.195 e. The molecule has 1 aromatic carbocycles. The molecule has 18 heavy (non-hydrogen) atoms. The van der Waals surface area contributed by atoms with Gasteiger partial charge in [-0.25, -0.2) is 0 Å². The van der Waals surface area contributed by atoms with Crippen molar-refractivity contribution in [1.29, 1.82) is 0 Å². The molecule has 0 radical (unpaired) electrons. The Morgan fingerprint density at radius 1 is 1.17 bits per heavy atom. The van der Waals surface area contributed by atoms with Crippen molar-refractivity contribution in [3.63, 3.8) is 0 Å². The Balaban J connectivity index is 2.02. The highest BCUT2D eigenvalue weighted by atomic mass is 16.9. The summed E-state index contributed by atoms with van der Waals surface area (Å²) < 4.78 is 16.3. The van der Waals surface area contributed by atoms with Crippen molar-refractivity contribution in [3.05, 3.63) is 41.2 Å². The molecule has 3 rings (SSSR count). The van der Waals surface area contributed by atoms with Gasteiger partial charge in [0.05, 0.1) is 5.56 Å². The molecule has 0 spiro atoms. The minimum absolute atomic E-state index is 0.158.